The van der Waals surface area contributed by atoms with Gasteiger partial charge in [0, 0.05) is 28.6 Å². The van der Waals surface area contributed by atoms with Crippen molar-refractivity contribution >= 4 is 27.4 Å². The van der Waals surface area contributed by atoms with Crippen LogP contribution in [0.2, 0.25) is 0 Å². The molecule has 4 rings (SSSR count). The van der Waals surface area contributed by atoms with Crippen LogP contribution >= 0.6 is 11.3 Å². The number of hydrogen-bond donors (Lipinski definition) is 1. The lowest BCUT2D eigenvalue weighted by Gasteiger charge is -2.07. The minimum atomic E-state index is 0.403. The zero-order valence-corrected chi connectivity index (χ0v) is 16.3. The Morgan fingerprint density at radius 3 is 2.93 bits per heavy atom. The van der Waals surface area contributed by atoms with E-state index in [4.69, 9.17) is 15.7 Å². The van der Waals surface area contributed by atoms with E-state index in [1.54, 1.807) is 35.7 Å². The van der Waals surface area contributed by atoms with Crippen LogP contribution in [0.5, 0.6) is 5.88 Å². The fraction of sp³-hybridized carbons (Fsp3) is 0.0909. The van der Waals surface area contributed by atoms with Gasteiger partial charge >= 0.3 is 0 Å². The van der Waals surface area contributed by atoms with E-state index in [9.17, 15) is 0 Å². The summed E-state index contributed by atoms with van der Waals surface area (Å²) >= 11 is 1.56. The molecular weight excluding hydrogens is 382 g/mol. The Kier molecular flexibility index (Phi) is 5.18. The van der Waals surface area contributed by atoms with Crippen molar-refractivity contribution in [3.63, 3.8) is 0 Å². The molecule has 0 bridgehead atoms. The molecule has 0 spiro atoms. The molecule has 0 aliphatic rings. The first-order valence-corrected chi connectivity index (χ1v) is 9.73. The molecule has 0 aliphatic heterocycles. The summed E-state index contributed by atoms with van der Waals surface area (Å²) in [5.74, 6) is 1.53. The lowest BCUT2D eigenvalue weighted by atomic mass is 10.1. The van der Waals surface area contributed by atoms with Crippen LogP contribution in [-0.2, 0) is 6.42 Å². The van der Waals surface area contributed by atoms with Gasteiger partial charge < -0.3 is 10.5 Å². The standard InChI is InChI=1S/C22H17N5OS/c1-2-9-28-21-16(7-4-8-25-21)11-17-12-18-19(24)26-20(27-22(18)29-17)15-6-3-5-14(10-15)13-23/h2-8,10,12H,1,9,11H2,(H2,24,26,27). The van der Waals surface area contributed by atoms with Gasteiger partial charge in [0.15, 0.2) is 5.82 Å². The lowest BCUT2D eigenvalue weighted by Crippen LogP contribution is -1.99. The number of ether oxygens (including phenoxy) is 1. The van der Waals surface area contributed by atoms with Crippen molar-refractivity contribution in [3.8, 4) is 23.3 Å². The fourth-order valence-electron chi connectivity index (χ4n) is 2.95. The average Bonchev–Trinajstić information content (AvgIpc) is 3.16. The molecule has 0 radical (unpaired) electrons. The minimum Gasteiger partial charge on any atom is -0.473 e. The summed E-state index contributed by atoms with van der Waals surface area (Å²) in [7, 11) is 0. The van der Waals surface area contributed by atoms with E-state index < -0.39 is 0 Å². The molecule has 0 atom stereocenters. The topological polar surface area (TPSA) is 97.7 Å². The number of hydrogen-bond acceptors (Lipinski definition) is 7. The van der Waals surface area contributed by atoms with Crippen molar-refractivity contribution in [1.29, 1.82) is 5.26 Å². The predicted molar refractivity (Wildman–Crippen MR) is 115 cm³/mol. The van der Waals surface area contributed by atoms with Gasteiger partial charge in [-0.1, -0.05) is 30.9 Å². The van der Waals surface area contributed by atoms with E-state index in [0.717, 1.165) is 26.2 Å². The van der Waals surface area contributed by atoms with Crippen molar-refractivity contribution in [2.45, 2.75) is 6.42 Å². The van der Waals surface area contributed by atoms with E-state index in [2.05, 4.69) is 27.6 Å². The smallest absolute Gasteiger partial charge is 0.217 e. The molecule has 3 heterocycles. The number of aromatic nitrogens is 3. The highest BCUT2D eigenvalue weighted by molar-refractivity contribution is 7.18. The number of nitrogens with two attached hydrogens (primary N) is 1. The second-order valence-electron chi connectivity index (χ2n) is 6.30. The predicted octanol–water partition coefficient (Wildman–Crippen LogP) is 4.36. The van der Waals surface area contributed by atoms with Crippen LogP contribution < -0.4 is 10.5 Å². The first-order chi connectivity index (χ1) is 14.2. The molecule has 1 aromatic carbocycles. The van der Waals surface area contributed by atoms with Crippen molar-refractivity contribution in [2.75, 3.05) is 12.3 Å². The second-order valence-corrected chi connectivity index (χ2v) is 7.42. The van der Waals surface area contributed by atoms with Crippen molar-refractivity contribution in [3.05, 3.63) is 77.3 Å². The summed E-state index contributed by atoms with van der Waals surface area (Å²) in [6, 6.07) is 15.2. The minimum absolute atomic E-state index is 0.403. The van der Waals surface area contributed by atoms with Crippen LogP contribution in [-0.4, -0.2) is 21.6 Å². The Balaban J connectivity index is 1.69. The largest absolute Gasteiger partial charge is 0.473 e. The van der Waals surface area contributed by atoms with Gasteiger partial charge in [0.05, 0.1) is 17.0 Å². The number of benzene rings is 1. The van der Waals surface area contributed by atoms with Gasteiger partial charge in [0.2, 0.25) is 5.88 Å². The summed E-state index contributed by atoms with van der Waals surface area (Å²) in [5, 5.41) is 9.94. The second kappa shape index (κ2) is 8.09. The van der Waals surface area contributed by atoms with E-state index in [-0.39, 0.29) is 0 Å². The number of thiophene rings is 1. The Morgan fingerprint density at radius 2 is 2.10 bits per heavy atom. The van der Waals surface area contributed by atoms with Crippen LogP contribution in [0.25, 0.3) is 21.6 Å². The maximum Gasteiger partial charge on any atom is 0.217 e. The Bertz CT molecular complexity index is 1240. The number of pyridine rings is 1. The molecule has 29 heavy (non-hydrogen) atoms. The monoisotopic (exact) mass is 399 g/mol. The maximum absolute atomic E-state index is 9.12. The number of anilines is 1. The summed E-state index contributed by atoms with van der Waals surface area (Å²) in [6.07, 6.45) is 4.05. The number of rotatable bonds is 6. The van der Waals surface area contributed by atoms with E-state index in [0.29, 0.717) is 36.1 Å². The molecule has 0 saturated carbocycles. The first-order valence-electron chi connectivity index (χ1n) is 8.92. The molecule has 0 aliphatic carbocycles. The van der Waals surface area contributed by atoms with Gasteiger partial charge in [-0.2, -0.15) is 5.26 Å². The molecule has 0 saturated heterocycles. The SMILES string of the molecule is C=CCOc1ncccc1Cc1cc2c(N)nc(-c3cccc(C#N)c3)nc2s1. The summed E-state index contributed by atoms with van der Waals surface area (Å²) in [5.41, 5.74) is 8.51. The van der Waals surface area contributed by atoms with Crippen LogP contribution in [0.15, 0.2) is 61.3 Å². The zero-order valence-electron chi connectivity index (χ0n) is 15.5. The van der Waals surface area contributed by atoms with Gasteiger partial charge in [-0.25, -0.2) is 15.0 Å². The highest BCUT2D eigenvalue weighted by Crippen LogP contribution is 2.32. The highest BCUT2D eigenvalue weighted by Gasteiger charge is 2.13. The molecule has 0 amide bonds. The number of nitrogens with zero attached hydrogens (tertiary/aromatic N) is 4. The molecule has 2 N–H and O–H groups in total. The molecule has 142 valence electrons. The first kappa shape index (κ1) is 18.6. The van der Waals surface area contributed by atoms with Gasteiger partial charge in [0.25, 0.3) is 0 Å². The van der Waals surface area contributed by atoms with Gasteiger partial charge in [-0.15, -0.1) is 11.3 Å². The van der Waals surface area contributed by atoms with Gasteiger partial charge in [-0.05, 0) is 24.3 Å². The lowest BCUT2D eigenvalue weighted by molar-refractivity contribution is 0.345. The zero-order chi connectivity index (χ0) is 20.2. The Hall–Kier alpha value is -3.76. The molecule has 7 heteroatoms. The van der Waals surface area contributed by atoms with Crippen LogP contribution in [0, 0.1) is 11.3 Å². The quantitative estimate of drug-likeness (QED) is 0.484. The summed E-state index contributed by atoms with van der Waals surface area (Å²) in [4.78, 5) is 15.3. The van der Waals surface area contributed by atoms with E-state index >= 15 is 0 Å². The molecule has 4 aromatic rings. The van der Waals surface area contributed by atoms with Crippen LogP contribution in [0.3, 0.4) is 0 Å². The fourth-order valence-corrected chi connectivity index (χ4v) is 4.01. The molecular formula is C22H17N5OS. The van der Waals surface area contributed by atoms with Crippen LogP contribution in [0.1, 0.15) is 16.0 Å². The molecule has 3 aromatic heterocycles. The average molecular weight is 399 g/mol. The highest BCUT2D eigenvalue weighted by atomic mass is 32.1. The molecule has 6 nitrogen and oxygen atoms in total. The van der Waals surface area contributed by atoms with Crippen molar-refractivity contribution in [1.82, 2.24) is 15.0 Å². The van der Waals surface area contributed by atoms with Crippen molar-refractivity contribution < 1.29 is 4.74 Å². The van der Waals surface area contributed by atoms with E-state index in [1.165, 1.54) is 0 Å². The maximum atomic E-state index is 9.12. The Morgan fingerprint density at radius 1 is 1.21 bits per heavy atom. The van der Waals surface area contributed by atoms with Gasteiger partial charge in [-0.3, -0.25) is 0 Å². The number of nitrogen functional groups attached to an aromatic ring is 1. The summed E-state index contributed by atoms with van der Waals surface area (Å²) in [6.45, 7) is 4.08. The van der Waals surface area contributed by atoms with Crippen LogP contribution in [0.4, 0.5) is 5.82 Å². The molecule has 0 fully saturated rings. The van der Waals surface area contributed by atoms with E-state index in [1.807, 2.05) is 30.3 Å². The number of fused-ring (bicyclic) bond motifs is 1. The third-order valence-corrected chi connectivity index (χ3v) is 5.30. The van der Waals surface area contributed by atoms with Gasteiger partial charge in [0.1, 0.15) is 17.3 Å². The number of nitriles is 1. The normalized spacial score (nSPS) is 10.6. The third-order valence-electron chi connectivity index (χ3n) is 4.28. The third kappa shape index (κ3) is 3.93. The summed E-state index contributed by atoms with van der Waals surface area (Å²) < 4.78 is 5.65. The molecule has 0 unspecified atom stereocenters. The Labute approximate surface area is 172 Å². The van der Waals surface area contributed by atoms with Crippen molar-refractivity contribution in [2.24, 2.45) is 0 Å².